The van der Waals surface area contributed by atoms with Gasteiger partial charge in [-0.3, -0.25) is 4.79 Å². The second-order valence-corrected chi connectivity index (χ2v) is 6.95. The number of amides is 1. The van der Waals surface area contributed by atoms with Gasteiger partial charge in [0.05, 0.1) is 16.6 Å². The third-order valence-electron chi connectivity index (χ3n) is 3.03. The summed E-state index contributed by atoms with van der Waals surface area (Å²) in [5.41, 5.74) is 0.231. The van der Waals surface area contributed by atoms with Crippen LogP contribution in [0.3, 0.4) is 0 Å². The number of hydrogen-bond donors (Lipinski definition) is 2. The first kappa shape index (κ1) is 15.4. The Labute approximate surface area is 125 Å². The molecule has 1 unspecified atom stereocenters. The molecule has 1 aliphatic rings. The van der Waals surface area contributed by atoms with Crippen LogP contribution in [-0.4, -0.2) is 33.6 Å². The fraction of sp³-hybridized carbons (Fsp3) is 0.417. The van der Waals surface area contributed by atoms with Crippen LogP contribution in [0.5, 0.6) is 0 Å². The zero-order valence-corrected chi connectivity index (χ0v) is 13.0. The highest BCUT2D eigenvalue weighted by atomic mass is 79.9. The van der Waals surface area contributed by atoms with E-state index in [9.17, 15) is 13.2 Å². The molecule has 1 atom stereocenters. The molecule has 0 bridgehead atoms. The van der Waals surface area contributed by atoms with E-state index in [1.807, 2.05) is 0 Å². The van der Waals surface area contributed by atoms with Gasteiger partial charge in [-0.1, -0.05) is 0 Å². The maximum atomic E-state index is 12.1. The van der Waals surface area contributed by atoms with E-state index in [0.717, 1.165) is 12.8 Å². The maximum absolute atomic E-state index is 12.1. The minimum Gasteiger partial charge on any atom is -0.376 e. The van der Waals surface area contributed by atoms with Crippen LogP contribution in [0.25, 0.3) is 0 Å². The number of primary sulfonamides is 1. The van der Waals surface area contributed by atoms with Crippen LogP contribution in [0.15, 0.2) is 27.6 Å². The van der Waals surface area contributed by atoms with Gasteiger partial charge < -0.3 is 10.1 Å². The van der Waals surface area contributed by atoms with Crippen LogP contribution in [0.1, 0.15) is 23.2 Å². The van der Waals surface area contributed by atoms with E-state index in [-0.39, 0.29) is 22.5 Å². The second-order valence-electron chi connectivity index (χ2n) is 4.53. The van der Waals surface area contributed by atoms with Gasteiger partial charge >= 0.3 is 0 Å². The van der Waals surface area contributed by atoms with Gasteiger partial charge in [0.15, 0.2) is 0 Å². The van der Waals surface area contributed by atoms with E-state index in [4.69, 9.17) is 9.88 Å². The standard InChI is InChI=1S/C12H15BrN2O4S/c13-11-4-3-9(20(14,17)18)6-10(11)12(16)15-7-8-2-1-5-19-8/h3-4,6,8H,1-2,5,7H2,(H,15,16)(H2,14,17,18). The normalized spacial score (nSPS) is 19.0. The van der Waals surface area contributed by atoms with Crippen molar-refractivity contribution < 1.29 is 17.9 Å². The fourth-order valence-electron chi connectivity index (χ4n) is 1.96. The van der Waals surface area contributed by atoms with Crippen molar-refractivity contribution in [2.45, 2.75) is 23.8 Å². The lowest BCUT2D eigenvalue weighted by atomic mass is 10.2. The molecular weight excluding hydrogens is 348 g/mol. The summed E-state index contributed by atoms with van der Waals surface area (Å²) >= 11 is 3.22. The van der Waals surface area contributed by atoms with Gasteiger partial charge in [0.1, 0.15) is 0 Å². The highest BCUT2D eigenvalue weighted by molar-refractivity contribution is 9.10. The van der Waals surface area contributed by atoms with Crippen molar-refractivity contribution in [2.75, 3.05) is 13.2 Å². The van der Waals surface area contributed by atoms with E-state index in [1.54, 1.807) is 0 Å². The molecule has 1 aromatic rings. The summed E-state index contributed by atoms with van der Waals surface area (Å²) in [6, 6.07) is 4.08. The Balaban J connectivity index is 2.12. The second kappa shape index (κ2) is 6.21. The van der Waals surface area contributed by atoms with Crippen molar-refractivity contribution in [3.05, 3.63) is 28.2 Å². The van der Waals surface area contributed by atoms with Gasteiger partial charge in [0.25, 0.3) is 5.91 Å². The number of halogens is 1. The van der Waals surface area contributed by atoms with Crippen LogP contribution in [-0.2, 0) is 14.8 Å². The molecule has 0 aliphatic carbocycles. The summed E-state index contributed by atoms with van der Waals surface area (Å²) < 4.78 is 28.5. The van der Waals surface area contributed by atoms with E-state index >= 15 is 0 Å². The Kier molecular flexibility index (Phi) is 4.79. The number of nitrogens with two attached hydrogens (primary N) is 1. The lowest BCUT2D eigenvalue weighted by Gasteiger charge is -2.12. The Hall–Kier alpha value is -0.960. The number of hydrogen-bond acceptors (Lipinski definition) is 4. The van der Waals surface area contributed by atoms with Crippen molar-refractivity contribution >= 4 is 31.9 Å². The van der Waals surface area contributed by atoms with Gasteiger partial charge in [-0.25, -0.2) is 13.6 Å². The minimum absolute atomic E-state index is 0.0270. The smallest absolute Gasteiger partial charge is 0.252 e. The van der Waals surface area contributed by atoms with Crippen LogP contribution < -0.4 is 10.5 Å². The molecule has 1 aliphatic heterocycles. The molecule has 1 saturated heterocycles. The van der Waals surface area contributed by atoms with Gasteiger partial charge in [0.2, 0.25) is 10.0 Å². The summed E-state index contributed by atoms with van der Waals surface area (Å²) in [6.07, 6.45) is 1.93. The molecule has 3 N–H and O–H groups in total. The van der Waals surface area contributed by atoms with Crippen LogP contribution >= 0.6 is 15.9 Å². The summed E-state index contributed by atoms with van der Waals surface area (Å²) in [6.45, 7) is 1.12. The molecular formula is C12H15BrN2O4S. The molecule has 1 heterocycles. The van der Waals surface area contributed by atoms with Crippen molar-refractivity contribution in [3.8, 4) is 0 Å². The van der Waals surface area contributed by atoms with Crippen LogP contribution in [0, 0.1) is 0 Å². The number of carbonyl (C=O) groups excluding carboxylic acids is 1. The highest BCUT2D eigenvalue weighted by Crippen LogP contribution is 2.20. The number of nitrogens with one attached hydrogen (secondary N) is 1. The highest BCUT2D eigenvalue weighted by Gasteiger charge is 2.19. The number of benzene rings is 1. The SMILES string of the molecule is NS(=O)(=O)c1ccc(Br)c(C(=O)NCC2CCCO2)c1. The van der Waals surface area contributed by atoms with E-state index in [0.29, 0.717) is 17.6 Å². The molecule has 0 radical (unpaired) electrons. The first-order valence-corrected chi connectivity index (χ1v) is 8.44. The molecule has 2 rings (SSSR count). The first-order valence-electron chi connectivity index (χ1n) is 6.10. The summed E-state index contributed by atoms with van der Waals surface area (Å²) in [5, 5.41) is 7.79. The average molecular weight is 363 g/mol. The Morgan fingerprint density at radius 2 is 2.25 bits per heavy atom. The summed E-state index contributed by atoms with van der Waals surface area (Å²) in [7, 11) is -3.83. The number of rotatable bonds is 4. The zero-order chi connectivity index (χ0) is 14.8. The molecule has 1 aromatic carbocycles. The maximum Gasteiger partial charge on any atom is 0.252 e. The third-order valence-corrected chi connectivity index (χ3v) is 4.63. The molecule has 0 saturated carbocycles. The van der Waals surface area contributed by atoms with Gasteiger partial charge in [-0.2, -0.15) is 0 Å². The number of ether oxygens (including phenoxy) is 1. The zero-order valence-electron chi connectivity index (χ0n) is 10.6. The van der Waals surface area contributed by atoms with Crippen molar-refractivity contribution in [1.29, 1.82) is 0 Å². The Morgan fingerprint density at radius 1 is 1.50 bits per heavy atom. The molecule has 0 aromatic heterocycles. The van der Waals surface area contributed by atoms with Crippen LogP contribution in [0.2, 0.25) is 0 Å². The van der Waals surface area contributed by atoms with Gasteiger partial charge in [-0.15, -0.1) is 0 Å². The van der Waals surface area contributed by atoms with Crippen molar-refractivity contribution in [3.63, 3.8) is 0 Å². The minimum atomic E-state index is -3.83. The topological polar surface area (TPSA) is 98.5 Å². The van der Waals surface area contributed by atoms with Gasteiger partial charge in [0, 0.05) is 17.6 Å². The molecule has 0 spiro atoms. The van der Waals surface area contributed by atoms with E-state index in [1.165, 1.54) is 18.2 Å². The quantitative estimate of drug-likeness (QED) is 0.834. The molecule has 1 amide bonds. The van der Waals surface area contributed by atoms with Crippen molar-refractivity contribution in [2.24, 2.45) is 5.14 Å². The van der Waals surface area contributed by atoms with E-state index < -0.39 is 10.0 Å². The number of carbonyl (C=O) groups is 1. The number of sulfonamides is 1. The molecule has 1 fully saturated rings. The Bertz CT molecular complexity index is 612. The predicted molar refractivity (Wildman–Crippen MR) is 76.8 cm³/mol. The van der Waals surface area contributed by atoms with Gasteiger partial charge in [-0.05, 0) is 47.0 Å². The van der Waals surface area contributed by atoms with Crippen LogP contribution in [0.4, 0.5) is 0 Å². The monoisotopic (exact) mass is 362 g/mol. The fourth-order valence-corrected chi connectivity index (χ4v) is 2.93. The average Bonchev–Trinajstić information content (AvgIpc) is 2.88. The summed E-state index contributed by atoms with van der Waals surface area (Å²) in [5.74, 6) is -0.363. The molecule has 20 heavy (non-hydrogen) atoms. The summed E-state index contributed by atoms with van der Waals surface area (Å²) in [4.78, 5) is 12.0. The van der Waals surface area contributed by atoms with Crippen molar-refractivity contribution in [1.82, 2.24) is 5.32 Å². The molecule has 110 valence electrons. The predicted octanol–water partition coefficient (Wildman–Crippen LogP) is 1.01. The molecule has 6 nitrogen and oxygen atoms in total. The first-order chi connectivity index (χ1) is 9.38. The largest absolute Gasteiger partial charge is 0.376 e. The lowest BCUT2D eigenvalue weighted by Crippen LogP contribution is -2.32. The molecule has 8 heteroatoms. The third kappa shape index (κ3) is 3.78. The Morgan fingerprint density at radius 3 is 2.85 bits per heavy atom. The van der Waals surface area contributed by atoms with E-state index in [2.05, 4.69) is 21.2 Å². The lowest BCUT2D eigenvalue weighted by molar-refractivity contribution is 0.0857.